The van der Waals surface area contributed by atoms with Crippen LogP contribution in [0.2, 0.25) is 0 Å². The molecule has 1 saturated heterocycles. The summed E-state index contributed by atoms with van der Waals surface area (Å²) in [6, 6.07) is 0. The van der Waals surface area contributed by atoms with E-state index in [1.165, 1.54) is 7.11 Å². The maximum atomic E-state index is 11.3. The van der Waals surface area contributed by atoms with Crippen molar-refractivity contribution in [1.29, 1.82) is 0 Å². The number of hydrogen-bond donors (Lipinski definition) is 1. The smallest absolute Gasteiger partial charge is 0.311 e. The maximum Gasteiger partial charge on any atom is 0.311 e. The molecule has 1 aliphatic rings. The highest BCUT2D eigenvalue weighted by molar-refractivity contribution is 5.72. The molecule has 16 heavy (non-hydrogen) atoms. The molecule has 1 N–H and O–H groups in total. The largest absolute Gasteiger partial charge is 0.469 e. The number of rotatable bonds is 5. The summed E-state index contributed by atoms with van der Waals surface area (Å²) in [7, 11) is 1.39. The Balaban J connectivity index is 2.37. The molecule has 0 aromatic heterocycles. The Hall–Kier alpha value is -0.610. The molecule has 1 fully saturated rings. The molecule has 1 aliphatic heterocycles. The third-order valence-corrected chi connectivity index (χ3v) is 3.28. The van der Waals surface area contributed by atoms with Crippen LogP contribution in [0, 0.1) is 5.92 Å². The average Bonchev–Trinajstić information content (AvgIpc) is 2.75. The minimum Gasteiger partial charge on any atom is -0.469 e. The van der Waals surface area contributed by atoms with E-state index in [0.717, 1.165) is 19.3 Å². The number of carbonyl (C=O) groups is 1. The Bertz CT molecular complexity index is 229. The van der Waals surface area contributed by atoms with Crippen molar-refractivity contribution < 1.29 is 19.4 Å². The number of hydrogen-bond acceptors (Lipinski definition) is 4. The van der Waals surface area contributed by atoms with Crippen LogP contribution in [0.15, 0.2) is 0 Å². The van der Waals surface area contributed by atoms with Gasteiger partial charge >= 0.3 is 5.97 Å². The van der Waals surface area contributed by atoms with Crippen LogP contribution in [0.1, 0.15) is 39.5 Å². The molecule has 0 saturated carbocycles. The summed E-state index contributed by atoms with van der Waals surface area (Å²) in [5.74, 6) is -0.435. The standard InChI is InChI=1S/C12H22O4/c1-4-9(13)7-10-5-6-11(16-10)8(2)12(14)15-3/h8-11,13H,4-7H2,1-3H3/t8-,9+,10+,11-/m0/s1. The molecule has 0 unspecified atom stereocenters. The van der Waals surface area contributed by atoms with Crippen LogP contribution in [-0.4, -0.2) is 36.5 Å². The molecule has 0 spiro atoms. The van der Waals surface area contributed by atoms with Gasteiger partial charge in [0, 0.05) is 0 Å². The lowest BCUT2D eigenvalue weighted by atomic mass is 10.0. The molecule has 4 atom stereocenters. The molecule has 1 heterocycles. The van der Waals surface area contributed by atoms with Gasteiger partial charge < -0.3 is 14.6 Å². The fourth-order valence-electron chi connectivity index (χ4n) is 2.08. The van der Waals surface area contributed by atoms with E-state index in [1.54, 1.807) is 0 Å². The first-order valence-corrected chi connectivity index (χ1v) is 5.99. The van der Waals surface area contributed by atoms with Crippen molar-refractivity contribution in [2.75, 3.05) is 7.11 Å². The third kappa shape index (κ3) is 3.46. The second-order valence-corrected chi connectivity index (χ2v) is 4.48. The molecule has 4 nitrogen and oxygen atoms in total. The highest BCUT2D eigenvalue weighted by Crippen LogP contribution is 2.28. The van der Waals surface area contributed by atoms with Gasteiger partial charge in [0.2, 0.25) is 0 Å². The van der Waals surface area contributed by atoms with E-state index in [4.69, 9.17) is 9.47 Å². The number of esters is 1. The summed E-state index contributed by atoms with van der Waals surface area (Å²) >= 11 is 0. The number of carbonyl (C=O) groups excluding carboxylic acids is 1. The molecule has 0 aromatic rings. The van der Waals surface area contributed by atoms with Gasteiger partial charge in [-0.25, -0.2) is 0 Å². The van der Waals surface area contributed by atoms with Gasteiger partial charge in [0.1, 0.15) is 0 Å². The molecule has 0 aliphatic carbocycles. The predicted octanol–water partition coefficient (Wildman–Crippen LogP) is 1.50. The van der Waals surface area contributed by atoms with Gasteiger partial charge in [-0.1, -0.05) is 6.92 Å². The first kappa shape index (κ1) is 13.5. The molecule has 4 heteroatoms. The zero-order chi connectivity index (χ0) is 12.1. The van der Waals surface area contributed by atoms with Gasteiger partial charge in [-0.3, -0.25) is 4.79 Å². The van der Waals surface area contributed by atoms with E-state index >= 15 is 0 Å². The highest BCUT2D eigenvalue weighted by Gasteiger charge is 2.33. The van der Waals surface area contributed by atoms with Gasteiger partial charge in [-0.05, 0) is 32.6 Å². The molecule has 0 radical (unpaired) electrons. The average molecular weight is 230 g/mol. The summed E-state index contributed by atoms with van der Waals surface area (Å²) in [6.07, 6.45) is 2.95. The second-order valence-electron chi connectivity index (χ2n) is 4.48. The van der Waals surface area contributed by atoms with E-state index in [-0.39, 0.29) is 30.2 Å². The maximum absolute atomic E-state index is 11.3. The van der Waals surface area contributed by atoms with Gasteiger partial charge in [0.25, 0.3) is 0 Å². The SMILES string of the molecule is CC[C@@H](O)C[C@H]1CC[C@@H]([C@H](C)C(=O)OC)O1. The van der Waals surface area contributed by atoms with Gasteiger partial charge in [-0.15, -0.1) is 0 Å². The zero-order valence-corrected chi connectivity index (χ0v) is 10.3. The topological polar surface area (TPSA) is 55.8 Å². The van der Waals surface area contributed by atoms with Crippen molar-refractivity contribution in [2.24, 2.45) is 5.92 Å². The number of ether oxygens (including phenoxy) is 2. The van der Waals surface area contributed by atoms with Crippen LogP contribution in [0.3, 0.4) is 0 Å². The van der Waals surface area contributed by atoms with Crippen LogP contribution in [0.4, 0.5) is 0 Å². The first-order chi connectivity index (χ1) is 7.58. The lowest BCUT2D eigenvalue weighted by Crippen LogP contribution is -2.27. The van der Waals surface area contributed by atoms with E-state index < -0.39 is 0 Å². The van der Waals surface area contributed by atoms with Crippen molar-refractivity contribution in [2.45, 2.75) is 57.8 Å². The van der Waals surface area contributed by atoms with E-state index in [2.05, 4.69) is 0 Å². The van der Waals surface area contributed by atoms with Crippen molar-refractivity contribution in [1.82, 2.24) is 0 Å². The fraction of sp³-hybridized carbons (Fsp3) is 0.917. The summed E-state index contributed by atoms with van der Waals surface area (Å²) in [4.78, 5) is 11.3. The Morgan fingerprint density at radius 2 is 2.25 bits per heavy atom. The predicted molar refractivity (Wildman–Crippen MR) is 60.0 cm³/mol. The van der Waals surface area contributed by atoms with Crippen molar-refractivity contribution in [3.63, 3.8) is 0 Å². The Morgan fingerprint density at radius 1 is 1.56 bits per heavy atom. The highest BCUT2D eigenvalue weighted by atomic mass is 16.5. The lowest BCUT2D eigenvalue weighted by molar-refractivity contribution is -0.150. The number of methoxy groups -OCH3 is 1. The van der Waals surface area contributed by atoms with Gasteiger partial charge in [0.05, 0.1) is 31.3 Å². The van der Waals surface area contributed by atoms with Crippen molar-refractivity contribution in [3.05, 3.63) is 0 Å². The Kier molecular flexibility index (Phi) is 5.22. The molecular formula is C12H22O4. The van der Waals surface area contributed by atoms with Crippen molar-refractivity contribution in [3.8, 4) is 0 Å². The van der Waals surface area contributed by atoms with Crippen LogP contribution in [-0.2, 0) is 14.3 Å². The molecule has 94 valence electrons. The molecular weight excluding hydrogens is 208 g/mol. The van der Waals surface area contributed by atoms with E-state index in [9.17, 15) is 9.90 Å². The normalized spacial score (nSPS) is 28.8. The number of aliphatic hydroxyl groups is 1. The van der Waals surface area contributed by atoms with Gasteiger partial charge in [-0.2, -0.15) is 0 Å². The summed E-state index contributed by atoms with van der Waals surface area (Å²) < 4.78 is 10.5. The van der Waals surface area contributed by atoms with Crippen LogP contribution in [0.5, 0.6) is 0 Å². The first-order valence-electron chi connectivity index (χ1n) is 5.99. The third-order valence-electron chi connectivity index (χ3n) is 3.28. The minimum absolute atomic E-state index is 0.0542. The molecule has 0 amide bonds. The van der Waals surface area contributed by atoms with Crippen LogP contribution < -0.4 is 0 Å². The Labute approximate surface area is 96.9 Å². The molecule has 0 aromatic carbocycles. The summed E-state index contributed by atoms with van der Waals surface area (Å²) in [5.41, 5.74) is 0. The summed E-state index contributed by atoms with van der Waals surface area (Å²) in [6.45, 7) is 3.78. The monoisotopic (exact) mass is 230 g/mol. The van der Waals surface area contributed by atoms with E-state index in [1.807, 2.05) is 13.8 Å². The second kappa shape index (κ2) is 6.21. The van der Waals surface area contributed by atoms with Crippen LogP contribution >= 0.6 is 0 Å². The van der Waals surface area contributed by atoms with E-state index in [0.29, 0.717) is 6.42 Å². The minimum atomic E-state index is -0.294. The summed E-state index contributed by atoms with van der Waals surface area (Å²) in [5, 5.41) is 9.53. The van der Waals surface area contributed by atoms with Crippen molar-refractivity contribution >= 4 is 5.97 Å². The van der Waals surface area contributed by atoms with Gasteiger partial charge in [0.15, 0.2) is 0 Å². The zero-order valence-electron chi connectivity index (χ0n) is 10.3. The number of aliphatic hydroxyl groups excluding tert-OH is 1. The molecule has 0 bridgehead atoms. The Morgan fingerprint density at radius 3 is 2.81 bits per heavy atom. The quantitative estimate of drug-likeness (QED) is 0.727. The fourth-order valence-corrected chi connectivity index (χ4v) is 2.08. The van der Waals surface area contributed by atoms with Crippen LogP contribution in [0.25, 0.3) is 0 Å². The molecule has 1 rings (SSSR count). The lowest BCUT2D eigenvalue weighted by Gasteiger charge is -2.19.